The van der Waals surface area contributed by atoms with E-state index in [1.54, 1.807) is 11.3 Å². The van der Waals surface area contributed by atoms with Gasteiger partial charge in [0.15, 0.2) is 0 Å². The van der Waals surface area contributed by atoms with Crippen LogP contribution in [0.15, 0.2) is 11.7 Å². The summed E-state index contributed by atoms with van der Waals surface area (Å²) in [5.41, 5.74) is 3.72. The number of hydrogen-bond acceptors (Lipinski definition) is 4. The Labute approximate surface area is 103 Å². The fourth-order valence-corrected chi connectivity index (χ4v) is 2.30. The number of thiazole rings is 1. The number of rotatable bonds is 4. The summed E-state index contributed by atoms with van der Waals surface area (Å²) in [5, 5.41) is 8.33. The summed E-state index contributed by atoms with van der Waals surface area (Å²) in [7, 11) is 1.91. The van der Waals surface area contributed by atoms with Crippen LogP contribution < -0.4 is 5.32 Å². The summed E-state index contributed by atoms with van der Waals surface area (Å²) >= 11 is 7.78. The third kappa shape index (κ3) is 2.42. The van der Waals surface area contributed by atoms with Crippen molar-refractivity contribution in [1.29, 1.82) is 0 Å². The van der Waals surface area contributed by atoms with E-state index in [9.17, 15) is 0 Å². The molecule has 0 radical (unpaired) electrons. The lowest BCUT2D eigenvalue weighted by Crippen LogP contribution is -2.14. The minimum Gasteiger partial charge on any atom is -0.306 e. The van der Waals surface area contributed by atoms with Crippen molar-refractivity contribution in [2.75, 3.05) is 0 Å². The molecule has 2 aromatic rings. The zero-order valence-electron chi connectivity index (χ0n) is 9.20. The summed E-state index contributed by atoms with van der Waals surface area (Å²) in [6, 6.07) is 0. The summed E-state index contributed by atoms with van der Waals surface area (Å²) in [5.74, 6) is 0. The Bertz CT molecular complexity index is 463. The highest BCUT2D eigenvalue weighted by molar-refractivity contribution is 7.09. The lowest BCUT2D eigenvalue weighted by Gasteiger charge is -2.04. The number of hydrogen-bond donors (Lipinski definition) is 1. The number of nitrogens with zero attached hydrogens (tertiary/aromatic N) is 3. The van der Waals surface area contributed by atoms with Gasteiger partial charge in [0.05, 0.1) is 21.9 Å². The Hall–Kier alpha value is -0.910. The van der Waals surface area contributed by atoms with Gasteiger partial charge in [-0.3, -0.25) is 9.67 Å². The molecule has 2 aromatic heterocycles. The highest BCUT2D eigenvalue weighted by atomic mass is 35.5. The molecule has 1 N–H and O–H groups in total. The van der Waals surface area contributed by atoms with Crippen molar-refractivity contribution in [2.24, 2.45) is 7.05 Å². The highest BCUT2D eigenvalue weighted by Crippen LogP contribution is 2.19. The SMILES string of the molecule is Cc1nn(C)c(CNCc2cncs2)c1Cl. The van der Waals surface area contributed by atoms with Gasteiger partial charge in [0.1, 0.15) is 0 Å². The molecule has 2 heterocycles. The Morgan fingerprint density at radius 3 is 2.88 bits per heavy atom. The Kier molecular flexibility index (Phi) is 3.58. The molecule has 0 atom stereocenters. The average molecular weight is 257 g/mol. The topological polar surface area (TPSA) is 42.7 Å². The van der Waals surface area contributed by atoms with Gasteiger partial charge in [0.25, 0.3) is 0 Å². The molecule has 0 aliphatic carbocycles. The molecular weight excluding hydrogens is 244 g/mol. The van der Waals surface area contributed by atoms with Crippen LogP contribution in [0.25, 0.3) is 0 Å². The summed E-state index contributed by atoms with van der Waals surface area (Å²) in [6.07, 6.45) is 1.87. The first kappa shape index (κ1) is 11.6. The third-order valence-electron chi connectivity index (χ3n) is 2.34. The van der Waals surface area contributed by atoms with E-state index in [-0.39, 0.29) is 0 Å². The van der Waals surface area contributed by atoms with Crippen molar-refractivity contribution in [3.63, 3.8) is 0 Å². The van der Waals surface area contributed by atoms with Crippen molar-refractivity contribution >= 4 is 22.9 Å². The fraction of sp³-hybridized carbons (Fsp3) is 0.400. The van der Waals surface area contributed by atoms with Gasteiger partial charge in [0.2, 0.25) is 0 Å². The summed E-state index contributed by atoms with van der Waals surface area (Å²) in [4.78, 5) is 5.24. The molecular formula is C10H13ClN4S. The molecule has 2 rings (SSSR count). The first-order valence-corrected chi connectivity index (χ1v) is 6.20. The molecule has 4 nitrogen and oxygen atoms in total. The number of aryl methyl sites for hydroxylation is 2. The maximum Gasteiger partial charge on any atom is 0.0860 e. The van der Waals surface area contributed by atoms with E-state index in [0.717, 1.165) is 23.0 Å². The smallest absolute Gasteiger partial charge is 0.0860 e. The predicted molar refractivity (Wildman–Crippen MR) is 65.6 cm³/mol. The van der Waals surface area contributed by atoms with E-state index in [4.69, 9.17) is 11.6 Å². The van der Waals surface area contributed by atoms with Crippen LogP contribution in [-0.2, 0) is 20.1 Å². The first-order valence-electron chi connectivity index (χ1n) is 4.94. The second-order valence-electron chi connectivity index (χ2n) is 3.54. The second kappa shape index (κ2) is 4.95. The van der Waals surface area contributed by atoms with Crippen LogP contribution in [0.1, 0.15) is 16.3 Å². The van der Waals surface area contributed by atoms with E-state index in [2.05, 4.69) is 15.4 Å². The van der Waals surface area contributed by atoms with Gasteiger partial charge in [-0.1, -0.05) is 11.6 Å². The molecule has 0 bridgehead atoms. The number of halogens is 1. The van der Waals surface area contributed by atoms with Crippen LogP contribution in [0.5, 0.6) is 0 Å². The lowest BCUT2D eigenvalue weighted by atomic mass is 10.3. The quantitative estimate of drug-likeness (QED) is 0.911. The molecule has 0 aliphatic heterocycles. The Balaban J connectivity index is 1.95. The van der Waals surface area contributed by atoms with E-state index >= 15 is 0 Å². The maximum absolute atomic E-state index is 6.14. The largest absolute Gasteiger partial charge is 0.306 e. The molecule has 0 fully saturated rings. The molecule has 0 spiro atoms. The Morgan fingerprint density at radius 1 is 1.50 bits per heavy atom. The monoisotopic (exact) mass is 256 g/mol. The van der Waals surface area contributed by atoms with E-state index < -0.39 is 0 Å². The van der Waals surface area contributed by atoms with Crippen LogP contribution >= 0.6 is 22.9 Å². The summed E-state index contributed by atoms with van der Waals surface area (Å²) < 4.78 is 1.82. The highest BCUT2D eigenvalue weighted by Gasteiger charge is 2.10. The van der Waals surface area contributed by atoms with Crippen molar-refractivity contribution in [3.8, 4) is 0 Å². The molecule has 0 amide bonds. The zero-order valence-corrected chi connectivity index (χ0v) is 10.8. The summed E-state index contributed by atoms with van der Waals surface area (Å²) in [6.45, 7) is 3.44. The van der Waals surface area contributed by atoms with Crippen molar-refractivity contribution in [3.05, 3.63) is 33.0 Å². The van der Waals surface area contributed by atoms with Gasteiger partial charge in [-0.2, -0.15) is 5.10 Å². The minimum absolute atomic E-state index is 0.716. The molecule has 0 saturated carbocycles. The van der Waals surface area contributed by atoms with Gasteiger partial charge in [-0.15, -0.1) is 11.3 Å². The van der Waals surface area contributed by atoms with Crippen molar-refractivity contribution in [2.45, 2.75) is 20.0 Å². The van der Waals surface area contributed by atoms with E-state index in [1.807, 2.05) is 30.4 Å². The van der Waals surface area contributed by atoms with Crippen LogP contribution in [0.3, 0.4) is 0 Å². The molecule has 0 aliphatic rings. The van der Waals surface area contributed by atoms with Crippen molar-refractivity contribution < 1.29 is 0 Å². The standard InChI is InChI=1S/C10H13ClN4S/c1-7-10(11)9(15(2)14-7)5-12-3-8-4-13-6-16-8/h4,6,12H,3,5H2,1-2H3. The second-order valence-corrected chi connectivity index (χ2v) is 4.89. The van der Waals surface area contributed by atoms with Gasteiger partial charge < -0.3 is 5.32 Å². The zero-order chi connectivity index (χ0) is 11.5. The predicted octanol–water partition coefficient (Wildman–Crippen LogP) is 2.13. The molecule has 86 valence electrons. The lowest BCUT2D eigenvalue weighted by molar-refractivity contribution is 0.628. The van der Waals surface area contributed by atoms with Gasteiger partial charge in [0, 0.05) is 31.2 Å². The van der Waals surface area contributed by atoms with Crippen LogP contribution in [0.4, 0.5) is 0 Å². The average Bonchev–Trinajstić information content (AvgIpc) is 2.82. The van der Waals surface area contributed by atoms with Gasteiger partial charge >= 0.3 is 0 Å². The van der Waals surface area contributed by atoms with Gasteiger partial charge in [-0.05, 0) is 6.92 Å². The van der Waals surface area contributed by atoms with Crippen LogP contribution in [-0.4, -0.2) is 14.8 Å². The first-order chi connectivity index (χ1) is 7.68. The molecule has 0 saturated heterocycles. The minimum atomic E-state index is 0.716. The molecule has 16 heavy (non-hydrogen) atoms. The number of nitrogens with one attached hydrogen (secondary N) is 1. The van der Waals surface area contributed by atoms with E-state index in [0.29, 0.717) is 6.54 Å². The van der Waals surface area contributed by atoms with Gasteiger partial charge in [-0.25, -0.2) is 0 Å². The van der Waals surface area contributed by atoms with Crippen LogP contribution in [0.2, 0.25) is 5.02 Å². The molecule has 0 unspecified atom stereocenters. The fourth-order valence-electron chi connectivity index (χ4n) is 1.51. The van der Waals surface area contributed by atoms with Crippen molar-refractivity contribution in [1.82, 2.24) is 20.1 Å². The van der Waals surface area contributed by atoms with Crippen LogP contribution in [0, 0.1) is 6.92 Å². The molecule has 6 heteroatoms. The third-order valence-corrected chi connectivity index (χ3v) is 3.61. The maximum atomic E-state index is 6.14. The van der Waals surface area contributed by atoms with E-state index in [1.165, 1.54) is 4.88 Å². The Morgan fingerprint density at radius 2 is 2.31 bits per heavy atom. The normalized spacial score (nSPS) is 10.9. The molecule has 0 aromatic carbocycles. The number of aromatic nitrogens is 3.